The number of hydrogen-bond donors (Lipinski definition) is 2. The number of sulfonamides is 1. The zero-order valence-electron chi connectivity index (χ0n) is 9.93. The second kappa shape index (κ2) is 6.13. The van der Waals surface area contributed by atoms with Crippen molar-refractivity contribution in [2.45, 2.75) is 4.21 Å². The molecule has 1 heterocycles. The smallest absolute Gasteiger partial charge is 0.335 e. The lowest BCUT2D eigenvalue weighted by Crippen LogP contribution is -2.12. The van der Waals surface area contributed by atoms with Gasteiger partial charge in [-0.05, 0) is 40.2 Å². The third-order valence-corrected chi connectivity index (χ3v) is 6.99. The molecule has 0 radical (unpaired) electrons. The number of halogens is 3. The lowest BCUT2D eigenvalue weighted by atomic mass is 10.2. The first-order valence-corrected chi connectivity index (χ1v) is 9.06. The van der Waals surface area contributed by atoms with Gasteiger partial charge in [-0.15, -0.1) is 11.3 Å². The van der Waals surface area contributed by atoms with Gasteiger partial charge in [-0.2, -0.15) is 0 Å². The van der Waals surface area contributed by atoms with Crippen molar-refractivity contribution in [3.8, 4) is 0 Å². The monoisotopic (exact) mass is 429 g/mol. The van der Waals surface area contributed by atoms with Crippen LogP contribution in [0.25, 0.3) is 0 Å². The Morgan fingerprint density at radius 2 is 1.90 bits per heavy atom. The van der Waals surface area contributed by atoms with Crippen molar-refractivity contribution in [1.29, 1.82) is 0 Å². The highest BCUT2D eigenvalue weighted by Crippen LogP contribution is 2.36. The fraction of sp³-hybridized carbons (Fsp3) is 0. The molecule has 0 fully saturated rings. The van der Waals surface area contributed by atoms with Gasteiger partial charge in [-0.3, -0.25) is 4.72 Å². The van der Waals surface area contributed by atoms with E-state index in [0.29, 0.717) is 3.79 Å². The third-order valence-electron chi connectivity index (χ3n) is 2.35. The summed E-state index contributed by atoms with van der Waals surface area (Å²) in [6.07, 6.45) is 0. The number of anilines is 1. The van der Waals surface area contributed by atoms with Gasteiger partial charge in [0.2, 0.25) is 0 Å². The van der Waals surface area contributed by atoms with Crippen molar-refractivity contribution >= 4 is 72.1 Å². The Balaban J connectivity index is 2.41. The molecule has 10 heteroatoms. The second-order valence-corrected chi connectivity index (χ2v) is 8.89. The van der Waals surface area contributed by atoms with Gasteiger partial charge in [-0.1, -0.05) is 23.2 Å². The molecule has 0 spiro atoms. The minimum atomic E-state index is -3.90. The molecule has 2 rings (SSSR count). The van der Waals surface area contributed by atoms with Gasteiger partial charge >= 0.3 is 5.97 Å². The highest BCUT2D eigenvalue weighted by Gasteiger charge is 2.21. The van der Waals surface area contributed by atoms with Crippen LogP contribution in [-0.2, 0) is 10.0 Å². The summed E-state index contributed by atoms with van der Waals surface area (Å²) in [6.45, 7) is 0. The summed E-state index contributed by atoms with van der Waals surface area (Å²) in [7, 11) is -3.90. The van der Waals surface area contributed by atoms with Gasteiger partial charge in [0.1, 0.15) is 4.21 Å². The number of thiophene rings is 1. The van der Waals surface area contributed by atoms with E-state index in [1.54, 1.807) is 0 Å². The van der Waals surface area contributed by atoms with Crippen molar-refractivity contribution in [2.24, 2.45) is 0 Å². The first-order valence-electron chi connectivity index (χ1n) is 5.21. The van der Waals surface area contributed by atoms with Crippen LogP contribution < -0.4 is 4.72 Å². The van der Waals surface area contributed by atoms with Crippen molar-refractivity contribution in [2.75, 3.05) is 4.72 Å². The summed E-state index contributed by atoms with van der Waals surface area (Å²) in [5.41, 5.74) is -0.0975. The molecule has 1 aromatic carbocycles. The van der Waals surface area contributed by atoms with Gasteiger partial charge in [0.05, 0.1) is 25.1 Å². The van der Waals surface area contributed by atoms with Gasteiger partial charge in [-0.25, -0.2) is 13.2 Å². The maximum atomic E-state index is 12.2. The zero-order chi connectivity index (χ0) is 15.8. The Bertz CT molecular complexity index is 800. The lowest BCUT2D eigenvalue weighted by molar-refractivity contribution is 0.0697. The molecule has 112 valence electrons. The van der Waals surface area contributed by atoms with E-state index in [1.807, 2.05) is 0 Å². The number of carboxylic acid groups (broad SMARTS) is 1. The van der Waals surface area contributed by atoms with Crippen LogP contribution >= 0.6 is 50.5 Å². The summed E-state index contributed by atoms with van der Waals surface area (Å²) < 4.78 is 27.1. The van der Waals surface area contributed by atoms with Gasteiger partial charge in [0.25, 0.3) is 10.0 Å². The van der Waals surface area contributed by atoms with Crippen LogP contribution in [0.1, 0.15) is 10.4 Å². The lowest BCUT2D eigenvalue weighted by Gasteiger charge is -2.08. The van der Waals surface area contributed by atoms with Crippen LogP contribution in [0, 0.1) is 0 Å². The molecule has 0 unspecified atom stereocenters. The molecule has 0 amide bonds. The van der Waals surface area contributed by atoms with Gasteiger partial charge in [0, 0.05) is 0 Å². The number of carboxylic acids is 1. The topological polar surface area (TPSA) is 83.5 Å². The molecule has 0 saturated carbocycles. The van der Waals surface area contributed by atoms with E-state index in [-0.39, 0.29) is 25.5 Å². The summed E-state index contributed by atoms with van der Waals surface area (Å²) in [5, 5.41) is 9.27. The predicted octanol–water partition coefficient (Wildman–Crippen LogP) is 4.32. The normalized spacial score (nSPS) is 11.4. The standard InChI is InChI=1S/C11H6BrCl2NO4S2/c12-10-7(14)4-9(20-10)21(18,19)15-8-3-5(11(16)17)1-2-6(8)13/h1-4,15H,(H,16,17). The number of carbonyl (C=O) groups is 1. The first kappa shape index (κ1) is 16.6. The predicted molar refractivity (Wildman–Crippen MR) is 86.2 cm³/mol. The summed E-state index contributed by atoms with van der Waals surface area (Å²) >= 11 is 15.7. The Kier molecular flexibility index (Phi) is 4.84. The van der Waals surface area contributed by atoms with Crippen LogP contribution in [-0.4, -0.2) is 19.5 Å². The van der Waals surface area contributed by atoms with Crippen molar-refractivity contribution in [1.82, 2.24) is 0 Å². The largest absolute Gasteiger partial charge is 0.478 e. The molecule has 2 N–H and O–H groups in total. The van der Waals surface area contributed by atoms with Crippen molar-refractivity contribution < 1.29 is 18.3 Å². The van der Waals surface area contributed by atoms with Gasteiger partial charge in [0.15, 0.2) is 0 Å². The molecule has 0 aliphatic carbocycles. The molecule has 0 atom stereocenters. The van der Waals surface area contributed by atoms with E-state index < -0.39 is 16.0 Å². The summed E-state index contributed by atoms with van der Waals surface area (Å²) in [5.74, 6) is -1.19. The quantitative estimate of drug-likeness (QED) is 0.756. The van der Waals surface area contributed by atoms with Gasteiger partial charge < -0.3 is 5.11 Å². The highest BCUT2D eigenvalue weighted by molar-refractivity contribution is 9.11. The number of benzene rings is 1. The summed E-state index contributed by atoms with van der Waals surface area (Å²) in [6, 6.07) is 5.02. The number of aromatic carboxylic acids is 1. The van der Waals surface area contributed by atoms with E-state index in [2.05, 4.69) is 20.7 Å². The van der Waals surface area contributed by atoms with E-state index in [4.69, 9.17) is 28.3 Å². The number of rotatable bonds is 4. The molecule has 1 aromatic heterocycles. The number of nitrogens with one attached hydrogen (secondary N) is 1. The Morgan fingerprint density at radius 1 is 1.24 bits per heavy atom. The molecule has 0 saturated heterocycles. The molecule has 0 aliphatic heterocycles. The first-order chi connectivity index (χ1) is 9.70. The Morgan fingerprint density at radius 3 is 2.43 bits per heavy atom. The van der Waals surface area contributed by atoms with E-state index in [9.17, 15) is 13.2 Å². The molecule has 5 nitrogen and oxygen atoms in total. The molecule has 21 heavy (non-hydrogen) atoms. The molecular weight excluding hydrogens is 425 g/mol. The Labute approximate surface area is 142 Å². The molecule has 0 aliphatic rings. The van der Waals surface area contributed by atoms with Crippen LogP contribution in [0.5, 0.6) is 0 Å². The zero-order valence-corrected chi connectivity index (χ0v) is 14.7. The minimum absolute atomic E-state index is 0.0165. The van der Waals surface area contributed by atoms with Crippen molar-refractivity contribution in [3.63, 3.8) is 0 Å². The third kappa shape index (κ3) is 3.70. The second-order valence-electron chi connectivity index (χ2n) is 3.79. The Hall–Kier alpha value is -0.800. The fourth-order valence-corrected chi connectivity index (χ4v) is 5.08. The SMILES string of the molecule is O=C(O)c1ccc(Cl)c(NS(=O)(=O)c2cc(Cl)c(Br)s2)c1. The number of hydrogen-bond acceptors (Lipinski definition) is 4. The van der Waals surface area contributed by atoms with Crippen LogP contribution in [0.4, 0.5) is 5.69 Å². The van der Waals surface area contributed by atoms with Crippen molar-refractivity contribution in [3.05, 3.63) is 43.7 Å². The minimum Gasteiger partial charge on any atom is -0.478 e. The average molecular weight is 431 g/mol. The maximum absolute atomic E-state index is 12.2. The van der Waals surface area contributed by atoms with E-state index in [0.717, 1.165) is 17.4 Å². The van der Waals surface area contributed by atoms with Crippen LogP contribution in [0.15, 0.2) is 32.3 Å². The maximum Gasteiger partial charge on any atom is 0.335 e. The van der Waals surface area contributed by atoms with E-state index >= 15 is 0 Å². The fourth-order valence-electron chi connectivity index (χ4n) is 1.39. The van der Waals surface area contributed by atoms with Crippen LogP contribution in [0.3, 0.4) is 0 Å². The van der Waals surface area contributed by atoms with E-state index in [1.165, 1.54) is 18.2 Å². The molecular formula is C11H6BrCl2NO4S2. The molecule has 2 aromatic rings. The molecule has 0 bridgehead atoms. The summed E-state index contributed by atoms with van der Waals surface area (Å²) in [4.78, 5) is 10.9. The average Bonchev–Trinajstić information content (AvgIpc) is 2.73. The highest BCUT2D eigenvalue weighted by atomic mass is 79.9. The van der Waals surface area contributed by atoms with Crippen LogP contribution in [0.2, 0.25) is 10.0 Å².